The van der Waals surface area contributed by atoms with E-state index in [0.29, 0.717) is 32.9 Å². The molecule has 8 heteroatoms. The van der Waals surface area contributed by atoms with Gasteiger partial charge in [-0.3, -0.25) is 4.79 Å². The number of thiazole rings is 1. The largest absolute Gasteiger partial charge is 0.396 e. The van der Waals surface area contributed by atoms with E-state index in [0.717, 1.165) is 10.2 Å². The van der Waals surface area contributed by atoms with Gasteiger partial charge in [-0.05, 0) is 30.5 Å². The van der Waals surface area contributed by atoms with Crippen LogP contribution in [0, 0.1) is 11.8 Å². The number of rotatable bonds is 4. The summed E-state index contributed by atoms with van der Waals surface area (Å²) in [5.74, 6) is 0.258. The van der Waals surface area contributed by atoms with Crippen molar-refractivity contribution in [1.29, 1.82) is 0 Å². The third-order valence-electron chi connectivity index (χ3n) is 4.22. The molecule has 1 aliphatic rings. The van der Waals surface area contributed by atoms with Crippen molar-refractivity contribution in [2.24, 2.45) is 11.8 Å². The fourth-order valence-electron chi connectivity index (χ4n) is 2.73. The number of pyridine rings is 1. The summed E-state index contributed by atoms with van der Waals surface area (Å²) in [6.07, 6.45) is 2.31. The topological polar surface area (TPSA) is 75.1 Å². The molecule has 1 saturated carbocycles. The predicted octanol–water partition coefficient (Wildman–Crippen LogP) is 4.23. The van der Waals surface area contributed by atoms with E-state index in [1.807, 2.05) is 0 Å². The first-order chi connectivity index (χ1) is 12.1. The van der Waals surface area contributed by atoms with Gasteiger partial charge < -0.3 is 10.4 Å². The molecule has 0 unspecified atom stereocenters. The van der Waals surface area contributed by atoms with Gasteiger partial charge in [-0.2, -0.15) is 0 Å². The number of halogens is 2. The van der Waals surface area contributed by atoms with Crippen molar-refractivity contribution in [2.45, 2.75) is 6.42 Å². The van der Waals surface area contributed by atoms with Crippen molar-refractivity contribution in [3.63, 3.8) is 0 Å². The van der Waals surface area contributed by atoms with Gasteiger partial charge in [0.25, 0.3) is 0 Å². The number of fused-ring (bicyclic) bond motifs is 1. The molecule has 3 aromatic rings. The van der Waals surface area contributed by atoms with Gasteiger partial charge in [-0.15, -0.1) is 11.3 Å². The smallest absolute Gasteiger partial charge is 0.229 e. The van der Waals surface area contributed by atoms with E-state index in [-0.39, 0.29) is 24.3 Å². The quantitative estimate of drug-likeness (QED) is 0.695. The Balaban J connectivity index is 1.71. The molecular formula is C17H13Cl2N3O2S. The summed E-state index contributed by atoms with van der Waals surface area (Å²) in [7, 11) is 0. The zero-order chi connectivity index (χ0) is 17.6. The molecule has 5 nitrogen and oxygen atoms in total. The molecule has 0 bridgehead atoms. The van der Waals surface area contributed by atoms with E-state index < -0.39 is 0 Å². The zero-order valence-corrected chi connectivity index (χ0v) is 15.2. The van der Waals surface area contributed by atoms with Crippen molar-refractivity contribution >= 4 is 56.5 Å². The first kappa shape index (κ1) is 16.7. The number of carbonyl (C=O) groups is 1. The number of amides is 1. The minimum atomic E-state index is -0.146. The maximum atomic E-state index is 12.3. The Morgan fingerprint density at radius 1 is 1.32 bits per heavy atom. The zero-order valence-electron chi connectivity index (χ0n) is 12.9. The molecule has 25 heavy (non-hydrogen) atoms. The van der Waals surface area contributed by atoms with Crippen LogP contribution in [0.3, 0.4) is 0 Å². The van der Waals surface area contributed by atoms with Crippen LogP contribution in [0.15, 0.2) is 30.5 Å². The summed E-state index contributed by atoms with van der Waals surface area (Å²) in [5, 5.41) is 13.7. The van der Waals surface area contributed by atoms with Gasteiger partial charge in [0, 0.05) is 24.3 Å². The molecule has 2 atom stereocenters. The Morgan fingerprint density at radius 3 is 2.76 bits per heavy atom. The maximum absolute atomic E-state index is 12.3. The fourth-order valence-corrected chi connectivity index (χ4v) is 4.50. The SMILES string of the molecule is O=C(Nc1nccc2nc(-c3c(Cl)cccc3Cl)sc12)[C@@H]1C[C@@H]1CO. The number of aromatic nitrogens is 2. The van der Waals surface area contributed by atoms with Crippen LogP contribution < -0.4 is 5.32 Å². The Morgan fingerprint density at radius 2 is 2.08 bits per heavy atom. The van der Waals surface area contributed by atoms with Crippen LogP contribution in [0.2, 0.25) is 10.0 Å². The van der Waals surface area contributed by atoms with Crippen LogP contribution in [0.4, 0.5) is 5.82 Å². The number of aliphatic hydroxyl groups excluding tert-OH is 1. The summed E-state index contributed by atoms with van der Waals surface area (Å²) >= 11 is 13.9. The summed E-state index contributed by atoms with van der Waals surface area (Å²) in [4.78, 5) is 21.1. The number of carbonyl (C=O) groups excluding carboxylic acids is 1. The second-order valence-corrected chi connectivity index (χ2v) is 7.71. The summed E-state index contributed by atoms with van der Waals surface area (Å²) in [6.45, 7) is 0.0332. The lowest BCUT2D eigenvalue weighted by Crippen LogP contribution is -2.16. The fraction of sp³-hybridized carbons (Fsp3) is 0.235. The Bertz CT molecular complexity index is 955. The molecule has 1 aromatic carbocycles. The molecule has 0 spiro atoms. The molecule has 1 fully saturated rings. The summed E-state index contributed by atoms with van der Waals surface area (Å²) in [6, 6.07) is 7.08. The standard InChI is InChI=1S/C17H13Cl2N3O2S/c18-10-2-1-3-11(19)13(10)17-21-12-4-5-20-15(14(12)25-17)22-16(24)9-6-8(9)7-23/h1-5,8-9,23H,6-7H2,(H,20,22,24)/t8-,9-/m1/s1. The van der Waals surface area contributed by atoms with E-state index in [1.165, 1.54) is 11.3 Å². The van der Waals surface area contributed by atoms with Crippen LogP contribution in [0.25, 0.3) is 20.8 Å². The molecule has 0 radical (unpaired) electrons. The van der Waals surface area contributed by atoms with Crippen molar-refractivity contribution < 1.29 is 9.90 Å². The number of nitrogens with zero attached hydrogens (tertiary/aromatic N) is 2. The number of anilines is 1. The van der Waals surface area contributed by atoms with Crippen molar-refractivity contribution in [3.05, 3.63) is 40.5 Å². The highest BCUT2D eigenvalue weighted by Crippen LogP contribution is 2.42. The van der Waals surface area contributed by atoms with Gasteiger partial charge >= 0.3 is 0 Å². The average molecular weight is 394 g/mol. The Hall–Kier alpha value is -1.73. The first-order valence-corrected chi connectivity index (χ1v) is 9.27. The molecule has 128 valence electrons. The predicted molar refractivity (Wildman–Crippen MR) is 100 cm³/mol. The molecule has 1 amide bonds. The van der Waals surface area contributed by atoms with E-state index in [4.69, 9.17) is 28.3 Å². The second-order valence-electron chi connectivity index (χ2n) is 5.90. The number of nitrogens with one attached hydrogen (secondary N) is 1. The van der Waals surface area contributed by atoms with Crippen molar-refractivity contribution in [3.8, 4) is 10.6 Å². The molecule has 2 N–H and O–H groups in total. The third-order valence-corrected chi connectivity index (χ3v) is 5.94. The summed E-state index contributed by atoms with van der Waals surface area (Å²) < 4.78 is 0.767. The highest BCUT2D eigenvalue weighted by molar-refractivity contribution is 7.22. The normalized spacial score (nSPS) is 19.2. The van der Waals surface area contributed by atoms with E-state index >= 15 is 0 Å². The van der Waals surface area contributed by atoms with Crippen molar-refractivity contribution in [2.75, 3.05) is 11.9 Å². The Labute approximate surface area is 157 Å². The number of aliphatic hydroxyl groups is 1. The van der Waals surface area contributed by atoms with E-state index in [1.54, 1.807) is 30.5 Å². The van der Waals surface area contributed by atoms with Crippen LogP contribution in [0.5, 0.6) is 0 Å². The molecule has 2 heterocycles. The lowest BCUT2D eigenvalue weighted by molar-refractivity contribution is -0.117. The maximum Gasteiger partial charge on any atom is 0.229 e. The molecule has 4 rings (SSSR count). The lowest BCUT2D eigenvalue weighted by atomic mass is 10.2. The van der Waals surface area contributed by atoms with Gasteiger partial charge in [0.15, 0.2) is 5.82 Å². The minimum absolute atomic E-state index is 0.0332. The molecule has 0 aliphatic heterocycles. The van der Waals surface area contributed by atoms with Crippen LogP contribution in [-0.2, 0) is 4.79 Å². The number of hydrogen-bond acceptors (Lipinski definition) is 5. The second kappa shape index (κ2) is 6.53. The van der Waals surface area contributed by atoms with Crippen LogP contribution in [-0.4, -0.2) is 27.6 Å². The van der Waals surface area contributed by atoms with E-state index in [9.17, 15) is 4.79 Å². The first-order valence-electron chi connectivity index (χ1n) is 7.70. The Kier molecular flexibility index (Phi) is 4.37. The van der Waals surface area contributed by atoms with Crippen LogP contribution >= 0.6 is 34.5 Å². The van der Waals surface area contributed by atoms with Gasteiger partial charge in [0.2, 0.25) is 5.91 Å². The van der Waals surface area contributed by atoms with Crippen LogP contribution in [0.1, 0.15) is 6.42 Å². The highest BCUT2D eigenvalue weighted by Gasteiger charge is 2.42. The van der Waals surface area contributed by atoms with Gasteiger partial charge in [-0.25, -0.2) is 9.97 Å². The monoisotopic (exact) mass is 393 g/mol. The molecular weight excluding hydrogens is 381 g/mol. The lowest BCUT2D eigenvalue weighted by Gasteiger charge is -2.04. The molecule has 0 saturated heterocycles. The average Bonchev–Trinajstić information content (AvgIpc) is 3.26. The number of hydrogen-bond donors (Lipinski definition) is 2. The number of benzene rings is 1. The highest BCUT2D eigenvalue weighted by atomic mass is 35.5. The minimum Gasteiger partial charge on any atom is -0.396 e. The van der Waals surface area contributed by atoms with E-state index in [2.05, 4.69) is 15.3 Å². The van der Waals surface area contributed by atoms with Crippen molar-refractivity contribution in [1.82, 2.24) is 9.97 Å². The van der Waals surface area contributed by atoms with Gasteiger partial charge in [-0.1, -0.05) is 29.3 Å². The molecule has 1 aliphatic carbocycles. The molecule has 2 aromatic heterocycles. The third kappa shape index (κ3) is 3.11. The van der Waals surface area contributed by atoms with Gasteiger partial charge in [0.05, 0.1) is 20.3 Å². The summed E-state index contributed by atoms with van der Waals surface area (Å²) in [5.41, 5.74) is 1.39. The van der Waals surface area contributed by atoms with Gasteiger partial charge in [0.1, 0.15) is 5.01 Å².